The standard InChI is InChI=1S/C31H36O9/c1-7-8-9-40-21(34)11-17-10-18(15(2)3)19-12-29(5)14-30(6)13-20(33)22(16(4)32)27(37)31(30,39)28(38)24(29)26(36)23(19)25(17)35/h7,10,15,35-37,39H,1,8-9,11-14H2,2-6H3. The average molecular weight is 553 g/mol. The monoisotopic (exact) mass is 552 g/mol. The molecule has 0 radical (unpaired) electrons. The number of benzene rings is 1. The number of phenolic OH excluding ortho intramolecular Hbond substituents is 1. The minimum absolute atomic E-state index is 0.0183. The molecular weight excluding hydrogens is 516 g/mol. The number of esters is 1. The van der Waals surface area contributed by atoms with Crippen molar-refractivity contribution in [1.82, 2.24) is 0 Å². The van der Waals surface area contributed by atoms with Crippen LogP contribution in [0.15, 0.2) is 35.6 Å². The van der Waals surface area contributed by atoms with Gasteiger partial charge in [-0.05, 0) is 43.2 Å². The molecule has 0 aliphatic heterocycles. The zero-order chi connectivity index (χ0) is 29.9. The molecule has 3 atom stereocenters. The van der Waals surface area contributed by atoms with E-state index in [1.54, 1.807) is 19.1 Å². The van der Waals surface area contributed by atoms with E-state index in [4.69, 9.17) is 4.74 Å². The second kappa shape index (κ2) is 9.73. The van der Waals surface area contributed by atoms with Crippen LogP contribution in [0.5, 0.6) is 5.75 Å². The normalized spacial score (nSPS) is 27.8. The fourth-order valence-corrected chi connectivity index (χ4v) is 6.92. The molecule has 214 valence electrons. The summed E-state index contributed by atoms with van der Waals surface area (Å²) in [5.74, 6) is -5.12. The number of ether oxygens (including phenoxy) is 1. The Kier molecular flexibility index (Phi) is 7.12. The summed E-state index contributed by atoms with van der Waals surface area (Å²) >= 11 is 0. The third kappa shape index (κ3) is 4.10. The summed E-state index contributed by atoms with van der Waals surface area (Å²) in [6, 6.07) is 1.70. The van der Waals surface area contributed by atoms with Crippen molar-refractivity contribution in [1.29, 1.82) is 0 Å². The number of phenols is 1. The predicted molar refractivity (Wildman–Crippen MR) is 146 cm³/mol. The number of ketones is 3. The van der Waals surface area contributed by atoms with Gasteiger partial charge in [-0.3, -0.25) is 19.2 Å². The maximum absolute atomic E-state index is 14.1. The number of carbonyl (C=O) groups excluding carboxylic acids is 4. The van der Waals surface area contributed by atoms with Gasteiger partial charge in [0.1, 0.15) is 22.8 Å². The second-order valence-corrected chi connectivity index (χ2v) is 12.1. The lowest BCUT2D eigenvalue weighted by Gasteiger charge is -2.56. The number of fused-ring (bicyclic) bond motifs is 3. The maximum Gasteiger partial charge on any atom is 0.310 e. The van der Waals surface area contributed by atoms with E-state index in [1.165, 1.54) is 6.92 Å². The molecule has 3 aliphatic rings. The predicted octanol–water partition coefficient (Wildman–Crippen LogP) is 4.09. The van der Waals surface area contributed by atoms with Crippen LogP contribution in [0.2, 0.25) is 0 Å². The zero-order valence-electron chi connectivity index (χ0n) is 23.5. The van der Waals surface area contributed by atoms with Gasteiger partial charge in [-0.2, -0.15) is 0 Å². The highest BCUT2D eigenvalue weighted by atomic mass is 16.5. The molecule has 40 heavy (non-hydrogen) atoms. The molecule has 0 spiro atoms. The molecule has 1 saturated carbocycles. The summed E-state index contributed by atoms with van der Waals surface area (Å²) in [7, 11) is 0. The van der Waals surface area contributed by atoms with Gasteiger partial charge in [0.15, 0.2) is 17.2 Å². The van der Waals surface area contributed by atoms with Gasteiger partial charge >= 0.3 is 5.97 Å². The van der Waals surface area contributed by atoms with Crippen molar-refractivity contribution in [3.05, 3.63) is 57.9 Å². The van der Waals surface area contributed by atoms with E-state index in [9.17, 15) is 39.6 Å². The van der Waals surface area contributed by atoms with Crippen molar-refractivity contribution in [3.63, 3.8) is 0 Å². The van der Waals surface area contributed by atoms with Crippen LogP contribution in [0.1, 0.15) is 82.1 Å². The van der Waals surface area contributed by atoms with Crippen LogP contribution in [0.25, 0.3) is 5.76 Å². The Bertz CT molecular complexity index is 1430. The Morgan fingerprint density at radius 1 is 1.15 bits per heavy atom. The topological polar surface area (TPSA) is 158 Å². The molecule has 0 bridgehead atoms. The van der Waals surface area contributed by atoms with Gasteiger partial charge in [0, 0.05) is 28.4 Å². The number of allylic oxidation sites excluding steroid dienone is 1. The Morgan fingerprint density at radius 3 is 2.38 bits per heavy atom. The van der Waals surface area contributed by atoms with E-state index in [0.29, 0.717) is 12.0 Å². The first-order valence-electron chi connectivity index (χ1n) is 13.4. The summed E-state index contributed by atoms with van der Waals surface area (Å²) in [5.41, 5.74) is -4.48. The largest absolute Gasteiger partial charge is 0.508 e. The van der Waals surface area contributed by atoms with Gasteiger partial charge in [-0.15, -0.1) is 6.58 Å². The van der Waals surface area contributed by atoms with Crippen molar-refractivity contribution in [2.45, 2.75) is 78.2 Å². The number of carbonyl (C=O) groups is 4. The van der Waals surface area contributed by atoms with E-state index in [0.717, 1.165) is 12.5 Å². The van der Waals surface area contributed by atoms with Crippen LogP contribution in [0.3, 0.4) is 0 Å². The van der Waals surface area contributed by atoms with Crippen molar-refractivity contribution in [2.24, 2.45) is 10.8 Å². The number of aromatic hydroxyl groups is 1. The molecule has 9 heteroatoms. The number of rotatable bonds is 7. The molecule has 0 saturated heterocycles. The zero-order valence-corrected chi connectivity index (χ0v) is 23.5. The SMILES string of the molecule is C=CCCOC(=O)Cc1cc(C(C)C)c2c(c1O)C(O)=C1C(=O)C3(O)C(O)=C(C(C)=O)C(=O)CC3(C)CC1(C)C2. The number of hydrogen-bond donors (Lipinski definition) is 4. The van der Waals surface area contributed by atoms with Crippen molar-refractivity contribution < 1.29 is 44.3 Å². The third-order valence-electron chi connectivity index (χ3n) is 8.68. The molecule has 3 unspecified atom stereocenters. The van der Waals surface area contributed by atoms with Crippen LogP contribution >= 0.6 is 0 Å². The first-order chi connectivity index (χ1) is 18.5. The fourth-order valence-electron chi connectivity index (χ4n) is 6.92. The fraction of sp³-hybridized carbons (Fsp3) is 0.484. The van der Waals surface area contributed by atoms with E-state index >= 15 is 0 Å². The van der Waals surface area contributed by atoms with Crippen LogP contribution in [-0.2, 0) is 36.8 Å². The molecular formula is C31H36O9. The van der Waals surface area contributed by atoms with Gasteiger partial charge in [0.25, 0.3) is 0 Å². The van der Waals surface area contributed by atoms with Crippen molar-refractivity contribution >= 4 is 29.1 Å². The number of aliphatic hydroxyl groups excluding tert-OH is 2. The Morgan fingerprint density at radius 2 is 1.80 bits per heavy atom. The van der Waals surface area contributed by atoms with Crippen LogP contribution in [0.4, 0.5) is 0 Å². The molecule has 0 heterocycles. The van der Waals surface area contributed by atoms with E-state index in [-0.39, 0.29) is 60.7 Å². The van der Waals surface area contributed by atoms with Gasteiger partial charge in [0.2, 0.25) is 5.78 Å². The van der Waals surface area contributed by atoms with E-state index in [1.807, 2.05) is 13.8 Å². The Balaban J connectivity index is 1.94. The van der Waals surface area contributed by atoms with Crippen molar-refractivity contribution in [2.75, 3.05) is 6.61 Å². The average Bonchev–Trinajstić information content (AvgIpc) is 2.82. The van der Waals surface area contributed by atoms with E-state index in [2.05, 4.69) is 6.58 Å². The minimum atomic E-state index is -2.63. The number of aliphatic hydroxyl groups is 3. The summed E-state index contributed by atoms with van der Waals surface area (Å²) < 4.78 is 5.19. The highest BCUT2D eigenvalue weighted by molar-refractivity contribution is 6.23. The summed E-state index contributed by atoms with van der Waals surface area (Å²) in [4.78, 5) is 51.6. The highest BCUT2D eigenvalue weighted by Crippen LogP contribution is 2.63. The van der Waals surface area contributed by atoms with Gasteiger partial charge in [-0.25, -0.2) is 0 Å². The lowest BCUT2D eigenvalue weighted by Crippen LogP contribution is -2.65. The molecule has 1 aromatic carbocycles. The Labute approximate surface area is 232 Å². The summed E-state index contributed by atoms with van der Waals surface area (Å²) in [6.45, 7) is 11.9. The molecule has 1 aromatic rings. The molecule has 1 fully saturated rings. The number of Topliss-reactive ketones (excluding diaryl/α,β-unsaturated/α-hetero) is 3. The molecule has 0 amide bonds. The smallest absolute Gasteiger partial charge is 0.310 e. The lowest BCUT2D eigenvalue weighted by molar-refractivity contribution is -0.165. The van der Waals surface area contributed by atoms with Gasteiger partial charge in [-0.1, -0.05) is 39.8 Å². The molecule has 4 N–H and O–H groups in total. The van der Waals surface area contributed by atoms with Crippen LogP contribution in [-0.4, -0.2) is 56.0 Å². The van der Waals surface area contributed by atoms with Crippen LogP contribution < -0.4 is 0 Å². The minimum Gasteiger partial charge on any atom is -0.508 e. The molecule has 4 rings (SSSR count). The summed E-state index contributed by atoms with van der Waals surface area (Å²) in [5, 5.41) is 45.8. The third-order valence-corrected chi connectivity index (χ3v) is 8.68. The number of hydrogen-bond acceptors (Lipinski definition) is 9. The van der Waals surface area contributed by atoms with Gasteiger partial charge in [0.05, 0.1) is 18.6 Å². The first kappa shape index (κ1) is 29.3. The maximum atomic E-state index is 14.1. The van der Waals surface area contributed by atoms with Crippen LogP contribution in [0, 0.1) is 10.8 Å². The first-order valence-corrected chi connectivity index (χ1v) is 13.4. The molecule has 9 nitrogen and oxygen atoms in total. The highest BCUT2D eigenvalue weighted by Gasteiger charge is 2.68. The van der Waals surface area contributed by atoms with E-state index < -0.39 is 56.8 Å². The molecule has 3 aliphatic carbocycles. The van der Waals surface area contributed by atoms with Crippen molar-refractivity contribution in [3.8, 4) is 5.75 Å². The quantitative estimate of drug-likeness (QED) is 0.169. The Hall–Kier alpha value is -3.72. The molecule has 0 aromatic heterocycles. The summed E-state index contributed by atoms with van der Waals surface area (Å²) in [6.07, 6.45) is 1.66. The second-order valence-electron chi connectivity index (χ2n) is 12.1. The van der Waals surface area contributed by atoms with Gasteiger partial charge < -0.3 is 25.2 Å². The lowest BCUT2D eigenvalue weighted by atomic mass is 9.47.